The predicted octanol–water partition coefficient (Wildman–Crippen LogP) is -0.0647. The van der Waals surface area contributed by atoms with Crippen molar-refractivity contribution in [3.63, 3.8) is 0 Å². The molecule has 0 amide bonds. The summed E-state index contributed by atoms with van der Waals surface area (Å²) in [5.74, 6) is 0. The van der Waals surface area contributed by atoms with Crippen LogP contribution >= 0.6 is 0 Å². The van der Waals surface area contributed by atoms with Crippen LogP contribution in [0.15, 0.2) is 0 Å². The van der Waals surface area contributed by atoms with Crippen LogP contribution in [0.3, 0.4) is 0 Å². The van der Waals surface area contributed by atoms with Gasteiger partial charge in [-0.3, -0.25) is 0 Å². The van der Waals surface area contributed by atoms with Crippen molar-refractivity contribution in [2.75, 3.05) is 0 Å². The van der Waals surface area contributed by atoms with E-state index in [4.69, 9.17) is 5.26 Å². The molecule has 0 spiro atoms. The molecule has 0 aliphatic carbocycles. The minimum Gasteiger partial charge on any atom is 0 e. The first-order valence-electron chi connectivity index (χ1n) is 0.349. The molecule has 0 aliphatic heterocycles. The Bertz CT molecular complexity index is 6.00. The summed E-state index contributed by atoms with van der Waals surface area (Å²) in [4.78, 5) is 0. The third-order valence-electron chi connectivity index (χ3n) is 0. The Labute approximate surface area is 45.7 Å². The molecule has 0 fully saturated rings. The molecule has 0 atom stereocenters. The van der Waals surface area contributed by atoms with Crippen molar-refractivity contribution < 1.29 is 45.5 Å². The van der Waals surface area contributed by atoms with Crippen molar-refractivity contribution in [3.05, 3.63) is 0 Å². The first kappa shape index (κ1) is 8.92. The third kappa shape index (κ3) is 11.3. The maximum atomic E-state index is 7.07. The number of rotatable bonds is 0. The second-order valence-corrected chi connectivity index (χ2v) is 0.441. The van der Waals surface area contributed by atoms with Gasteiger partial charge in [0.15, 0.2) is 0 Å². The van der Waals surface area contributed by atoms with E-state index in [1.165, 1.54) is 0 Å². The maximum Gasteiger partial charge on any atom is 0 e. The van der Waals surface area contributed by atoms with E-state index in [2.05, 4.69) is 3.54 Å². The second-order valence-electron chi connectivity index (χ2n) is 0.0745. The molecule has 0 heterocycles. The van der Waals surface area contributed by atoms with Crippen LogP contribution in [0.2, 0.25) is 0 Å². The van der Waals surface area contributed by atoms with E-state index in [0.717, 1.165) is 20.2 Å². The van der Waals surface area contributed by atoms with Crippen LogP contribution in [0.4, 0.5) is 0 Å². The standard InChI is InChI=1S/Mo.Ni.H2O2/c;;1-2/h;;1-2H/q+1;;/p-1. The van der Waals surface area contributed by atoms with Gasteiger partial charge in [0.2, 0.25) is 0 Å². The van der Waals surface area contributed by atoms with Crippen LogP contribution in [0.25, 0.3) is 0 Å². The fraction of sp³-hybridized carbons (Fsp3) is 0. The molecule has 29 valence electrons. The second kappa shape index (κ2) is 8.93. The molecule has 4 heteroatoms. The van der Waals surface area contributed by atoms with Gasteiger partial charge in [-0.2, -0.15) is 0 Å². The molecule has 0 saturated heterocycles. The van der Waals surface area contributed by atoms with Crippen LogP contribution in [0, 0.1) is 0 Å². The molecule has 1 N–H and O–H groups in total. The molecule has 4 heavy (non-hydrogen) atoms. The minimum absolute atomic E-state index is 0. The van der Waals surface area contributed by atoms with Gasteiger partial charge in [0, 0.05) is 16.5 Å². The van der Waals surface area contributed by atoms with E-state index < -0.39 is 0 Å². The molecular weight excluding hydrogens is 187 g/mol. The zero-order valence-electron chi connectivity index (χ0n) is 1.58. The average Bonchev–Trinajstić information content (AvgIpc) is 0.918. The smallest absolute Gasteiger partial charge is 0 e. The van der Waals surface area contributed by atoms with E-state index in [9.17, 15) is 0 Å². The average molecular weight is 188 g/mol. The summed E-state index contributed by atoms with van der Waals surface area (Å²) < 4.78 is 3.26. The van der Waals surface area contributed by atoms with Gasteiger partial charge in [0.1, 0.15) is 0 Å². The fourth-order valence-corrected chi connectivity index (χ4v) is 0. The maximum absolute atomic E-state index is 7.07. The Morgan fingerprint density at radius 1 is 1.75 bits per heavy atom. The van der Waals surface area contributed by atoms with E-state index in [0.29, 0.717) is 0 Å². The number of hydrogen-bond acceptors (Lipinski definition) is 2. The van der Waals surface area contributed by atoms with E-state index >= 15 is 0 Å². The normalized spacial score (nSPS) is 4.25. The van der Waals surface area contributed by atoms with Gasteiger partial charge in [-0.25, -0.2) is 0 Å². The van der Waals surface area contributed by atoms with Gasteiger partial charge in [0.05, 0.1) is 0 Å². The van der Waals surface area contributed by atoms with Crippen molar-refractivity contribution in [2.45, 2.75) is 0 Å². The molecule has 0 radical (unpaired) electrons. The molecule has 0 aliphatic rings. The van der Waals surface area contributed by atoms with E-state index in [1.807, 2.05) is 0 Å². The molecule has 0 aromatic heterocycles. The zero-order chi connectivity index (χ0) is 2.71. The summed E-state index contributed by atoms with van der Waals surface area (Å²) in [6.07, 6.45) is 0. The van der Waals surface area contributed by atoms with E-state index in [1.54, 1.807) is 0 Å². The van der Waals surface area contributed by atoms with Gasteiger partial charge >= 0.3 is 29.0 Å². The summed E-state index contributed by atoms with van der Waals surface area (Å²) in [6.45, 7) is 0. The first-order chi connectivity index (χ1) is 1.41. The topological polar surface area (TPSA) is 29.5 Å². The monoisotopic (exact) mass is 189 g/mol. The van der Waals surface area contributed by atoms with Crippen LogP contribution in [-0.2, 0) is 40.2 Å². The van der Waals surface area contributed by atoms with Crippen LogP contribution < -0.4 is 0 Å². The van der Waals surface area contributed by atoms with Crippen molar-refractivity contribution in [1.29, 1.82) is 0 Å². The predicted molar refractivity (Wildman–Crippen MR) is 3.71 cm³/mol. The van der Waals surface area contributed by atoms with Gasteiger partial charge in [0.25, 0.3) is 0 Å². The molecule has 0 unspecified atom stereocenters. The van der Waals surface area contributed by atoms with Gasteiger partial charge in [-0.05, 0) is 0 Å². The van der Waals surface area contributed by atoms with Crippen molar-refractivity contribution >= 4 is 0 Å². The largest absolute Gasteiger partial charge is 0 e. The summed E-state index contributed by atoms with van der Waals surface area (Å²) in [5.41, 5.74) is 0. The molecule has 2 nitrogen and oxygen atoms in total. The molecule has 0 rings (SSSR count). The Morgan fingerprint density at radius 3 is 1.75 bits per heavy atom. The Kier molecular flexibility index (Phi) is 19.9. The molecule has 0 bridgehead atoms. The van der Waals surface area contributed by atoms with Gasteiger partial charge in [-0.1, -0.05) is 0 Å². The third-order valence-corrected chi connectivity index (χ3v) is 0. The van der Waals surface area contributed by atoms with E-state index in [-0.39, 0.29) is 16.5 Å². The Hall–Kier alpha value is 1.10. The zero-order valence-corrected chi connectivity index (χ0v) is 4.57. The Balaban J connectivity index is 0. The minimum atomic E-state index is 0. The molecular formula is HMoNiO2. The van der Waals surface area contributed by atoms with Crippen molar-refractivity contribution in [3.8, 4) is 0 Å². The molecule has 0 aromatic carbocycles. The SMILES string of the molecule is O[O][Mo].[Ni]. The molecule has 0 saturated carbocycles. The van der Waals surface area contributed by atoms with Crippen molar-refractivity contribution in [2.24, 2.45) is 0 Å². The quantitative estimate of drug-likeness (QED) is 0.327. The molecule has 0 aromatic rings. The summed E-state index contributed by atoms with van der Waals surface area (Å²) in [5, 5.41) is 7.07. The summed E-state index contributed by atoms with van der Waals surface area (Å²) in [7, 11) is 0. The summed E-state index contributed by atoms with van der Waals surface area (Å²) in [6, 6.07) is 0. The van der Waals surface area contributed by atoms with Crippen molar-refractivity contribution in [1.82, 2.24) is 0 Å². The fourth-order valence-electron chi connectivity index (χ4n) is 0. The van der Waals surface area contributed by atoms with Crippen LogP contribution in [0.5, 0.6) is 0 Å². The number of hydrogen-bond donors (Lipinski definition) is 1. The Morgan fingerprint density at radius 2 is 1.75 bits per heavy atom. The first-order valence-corrected chi connectivity index (χ1v) is 1.17. The van der Waals surface area contributed by atoms with Gasteiger partial charge in [-0.15, -0.1) is 0 Å². The van der Waals surface area contributed by atoms with Crippen LogP contribution in [0.1, 0.15) is 0 Å². The van der Waals surface area contributed by atoms with Crippen LogP contribution in [-0.4, -0.2) is 5.26 Å². The summed E-state index contributed by atoms with van der Waals surface area (Å²) >= 11 is 1.13. The van der Waals surface area contributed by atoms with Gasteiger partial charge < -0.3 is 0 Å².